The molecule has 0 N–H and O–H groups in total. The van der Waals surface area contributed by atoms with Crippen molar-refractivity contribution >= 4 is 57.4 Å². The van der Waals surface area contributed by atoms with Gasteiger partial charge in [-0.25, -0.2) is 9.78 Å². The zero-order chi connectivity index (χ0) is 32.0. The highest BCUT2D eigenvalue weighted by atomic mass is 35.5. The predicted octanol–water partition coefficient (Wildman–Crippen LogP) is 6.80. The van der Waals surface area contributed by atoms with Crippen molar-refractivity contribution in [2.75, 3.05) is 11.5 Å². The number of anilines is 1. The number of carbonyl (C=O) groups excluding carboxylic acids is 4. The number of hydrogen-bond donors (Lipinski definition) is 0. The van der Waals surface area contributed by atoms with E-state index in [1.807, 2.05) is 0 Å². The van der Waals surface area contributed by atoms with Gasteiger partial charge in [0.25, 0.3) is 5.69 Å². The number of nitro groups is 1. The molecule has 2 atom stereocenters. The van der Waals surface area contributed by atoms with E-state index in [0.29, 0.717) is 44.0 Å². The van der Waals surface area contributed by atoms with Crippen molar-refractivity contribution in [2.24, 2.45) is 11.8 Å². The van der Waals surface area contributed by atoms with Gasteiger partial charge in [-0.2, -0.15) is 0 Å². The highest BCUT2D eigenvalue weighted by Gasteiger charge is 2.48. The van der Waals surface area contributed by atoms with E-state index in [2.05, 4.69) is 0 Å². The first-order valence-corrected chi connectivity index (χ1v) is 15.0. The van der Waals surface area contributed by atoms with Crippen LogP contribution in [0.3, 0.4) is 0 Å². The number of aromatic nitrogens is 1. The lowest BCUT2D eigenvalue weighted by Crippen LogP contribution is -2.30. The number of ether oxygens (including phenoxy) is 1. The maximum atomic E-state index is 13.4. The van der Waals surface area contributed by atoms with Crippen LogP contribution in [0.15, 0.2) is 60.7 Å². The van der Waals surface area contributed by atoms with Gasteiger partial charge < -0.3 is 4.74 Å². The lowest BCUT2D eigenvalue weighted by molar-refractivity contribution is -0.385. The van der Waals surface area contributed by atoms with Gasteiger partial charge in [0.15, 0.2) is 6.61 Å². The highest BCUT2D eigenvalue weighted by molar-refractivity contribution is 6.32. The second-order valence-electron chi connectivity index (χ2n) is 11.4. The zero-order valence-corrected chi connectivity index (χ0v) is 25.3. The fraction of sp³-hybridized carbons (Fsp3) is 0.265. The molecule has 0 spiro atoms. The number of esters is 1. The number of nitrogens with zero attached hydrogens (tertiary/aromatic N) is 3. The summed E-state index contributed by atoms with van der Waals surface area (Å²) in [6, 6.07) is 15.8. The molecule has 1 aliphatic heterocycles. The number of benzene rings is 3. The molecule has 45 heavy (non-hydrogen) atoms. The Morgan fingerprint density at radius 1 is 0.978 bits per heavy atom. The lowest BCUT2D eigenvalue weighted by Gasteiger charge is -2.19. The molecular weight excluding hydrogens is 598 g/mol. The number of imide groups is 1. The Morgan fingerprint density at radius 3 is 2.29 bits per heavy atom. The molecule has 2 amide bonds. The first-order valence-electron chi connectivity index (χ1n) is 14.6. The number of fused-ring (bicyclic) bond motifs is 2. The smallest absolute Gasteiger partial charge is 0.339 e. The van der Waals surface area contributed by atoms with E-state index in [4.69, 9.17) is 21.3 Å². The average Bonchev–Trinajstić information content (AvgIpc) is 3.30. The van der Waals surface area contributed by atoms with Crippen LogP contribution < -0.4 is 4.90 Å². The third-order valence-electron chi connectivity index (χ3n) is 8.71. The van der Waals surface area contributed by atoms with Crippen molar-refractivity contribution in [3.63, 3.8) is 0 Å². The Morgan fingerprint density at radius 2 is 1.64 bits per heavy atom. The van der Waals surface area contributed by atoms with Gasteiger partial charge in [0.1, 0.15) is 0 Å². The van der Waals surface area contributed by atoms with E-state index >= 15 is 0 Å². The Bertz CT molecular complexity index is 1900. The quantitative estimate of drug-likeness (QED) is 0.0719. The van der Waals surface area contributed by atoms with E-state index in [0.717, 1.165) is 31.7 Å². The van der Waals surface area contributed by atoms with E-state index in [9.17, 15) is 29.3 Å². The highest BCUT2D eigenvalue weighted by Crippen LogP contribution is 2.40. The standard InChI is InChI=1S/C34H28ClN3O7/c1-18-7-8-21(15-29(18)38(43)44)30(39)17-45-34(42)26-16-28(36-31-19(2)27(35)14-13-23(26)31)20-9-11-22(12-10-20)37-32(40)24-5-3-4-6-25(24)33(37)41/h7-16,24-25H,3-6,17H2,1-2H3. The van der Waals surface area contributed by atoms with Crippen LogP contribution in [-0.4, -0.2) is 40.1 Å². The molecule has 2 heterocycles. The molecule has 4 aromatic rings. The Kier molecular flexibility index (Phi) is 7.92. The van der Waals surface area contributed by atoms with Crippen molar-refractivity contribution in [2.45, 2.75) is 39.5 Å². The molecule has 6 rings (SSSR count). The molecule has 1 saturated carbocycles. The van der Waals surface area contributed by atoms with Crippen LogP contribution in [0.4, 0.5) is 11.4 Å². The van der Waals surface area contributed by atoms with Gasteiger partial charge in [-0.05, 0) is 56.5 Å². The van der Waals surface area contributed by atoms with Crippen molar-refractivity contribution in [3.8, 4) is 11.3 Å². The summed E-state index contributed by atoms with van der Waals surface area (Å²) in [6.07, 6.45) is 3.33. The first-order chi connectivity index (χ1) is 21.5. The van der Waals surface area contributed by atoms with Crippen LogP contribution in [0.25, 0.3) is 22.2 Å². The number of pyridine rings is 1. The van der Waals surface area contributed by atoms with Gasteiger partial charge in [0.2, 0.25) is 17.6 Å². The maximum absolute atomic E-state index is 13.4. The molecule has 2 fully saturated rings. The number of rotatable bonds is 7. The zero-order valence-electron chi connectivity index (χ0n) is 24.5. The maximum Gasteiger partial charge on any atom is 0.339 e. The first kappa shape index (κ1) is 30.1. The minimum Gasteiger partial charge on any atom is -0.454 e. The second kappa shape index (κ2) is 11.9. The largest absolute Gasteiger partial charge is 0.454 e. The Labute approximate surface area is 263 Å². The van der Waals surface area contributed by atoms with Crippen molar-refractivity contribution in [3.05, 3.63) is 98.1 Å². The number of nitro benzene ring substituents is 1. The Hall–Kier alpha value is -4.96. The summed E-state index contributed by atoms with van der Waals surface area (Å²) < 4.78 is 5.40. The SMILES string of the molecule is Cc1ccc(C(=O)COC(=O)c2cc(-c3ccc(N4C(=O)C5CCCCC5C4=O)cc3)nc3c(C)c(Cl)ccc23)cc1[N+](=O)[O-]. The summed E-state index contributed by atoms with van der Waals surface area (Å²) >= 11 is 6.39. The summed E-state index contributed by atoms with van der Waals surface area (Å²) in [5.41, 5.74) is 3.03. The van der Waals surface area contributed by atoms with Gasteiger partial charge in [0.05, 0.1) is 39.2 Å². The summed E-state index contributed by atoms with van der Waals surface area (Å²) in [4.78, 5) is 69.1. The molecule has 2 aliphatic rings. The molecule has 1 saturated heterocycles. The molecule has 1 aromatic heterocycles. The van der Waals surface area contributed by atoms with Crippen molar-refractivity contribution < 1.29 is 28.8 Å². The number of hydrogen-bond acceptors (Lipinski definition) is 8. The average molecular weight is 626 g/mol. The molecule has 0 bridgehead atoms. The molecule has 10 nitrogen and oxygen atoms in total. The summed E-state index contributed by atoms with van der Waals surface area (Å²) in [5.74, 6) is -2.22. The van der Waals surface area contributed by atoms with E-state index in [1.54, 1.807) is 56.3 Å². The fourth-order valence-electron chi connectivity index (χ4n) is 6.19. The predicted molar refractivity (Wildman–Crippen MR) is 167 cm³/mol. The van der Waals surface area contributed by atoms with Crippen LogP contribution in [0.1, 0.15) is 57.5 Å². The van der Waals surface area contributed by atoms with Gasteiger partial charge in [-0.15, -0.1) is 0 Å². The Balaban J connectivity index is 1.29. The number of aryl methyl sites for hydroxylation is 2. The van der Waals surface area contributed by atoms with E-state index in [-0.39, 0.29) is 40.5 Å². The minimum absolute atomic E-state index is 0.0531. The number of carbonyl (C=O) groups is 4. The van der Waals surface area contributed by atoms with Gasteiger partial charge >= 0.3 is 5.97 Å². The van der Waals surface area contributed by atoms with E-state index in [1.165, 1.54) is 17.0 Å². The number of ketones is 1. The van der Waals surface area contributed by atoms with Gasteiger partial charge in [0, 0.05) is 33.2 Å². The number of amides is 2. The monoisotopic (exact) mass is 625 g/mol. The molecule has 3 aromatic carbocycles. The minimum atomic E-state index is -0.784. The van der Waals surface area contributed by atoms with Crippen LogP contribution in [0.2, 0.25) is 5.02 Å². The summed E-state index contributed by atoms with van der Waals surface area (Å²) in [5, 5.41) is 12.2. The fourth-order valence-corrected chi connectivity index (χ4v) is 6.34. The van der Waals surface area contributed by atoms with Crippen LogP contribution >= 0.6 is 11.6 Å². The van der Waals surface area contributed by atoms with Crippen molar-refractivity contribution in [1.82, 2.24) is 4.98 Å². The molecule has 11 heteroatoms. The summed E-state index contributed by atoms with van der Waals surface area (Å²) in [7, 11) is 0. The normalized spacial score (nSPS) is 17.8. The summed E-state index contributed by atoms with van der Waals surface area (Å²) in [6.45, 7) is 2.72. The van der Waals surface area contributed by atoms with E-state index < -0.39 is 23.3 Å². The molecular formula is C34H28ClN3O7. The van der Waals surface area contributed by atoms with Crippen LogP contribution in [0, 0.1) is 35.8 Å². The number of Topliss-reactive ketones (excluding diaryl/α,β-unsaturated/α-hetero) is 1. The second-order valence-corrected chi connectivity index (χ2v) is 11.8. The topological polar surface area (TPSA) is 137 Å². The third kappa shape index (κ3) is 5.46. The molecule has 0 radical (unpaired) electrons. The molecule has 1 aliphatic carbocycles. The van der Waals surface area contributed by atoms with Crippen LogP contribution in [0.5, 0.6) is 0 Å². The van der Waals surface area contributed by atoms with Crippen molar-refractivity contribution in [1.29, 1.82) is 0 Å². The van der Waals surface area contributed by atoms with Gasteiger partial charge in [-0.1, -0.05) is 54.8 Å². The lowest BCUT2D eigenvalue weighted by atomic mass is 9.81. The third-order valence-corrected chi connectivity index (χ3v) is 9.12. The van der Waals surface area contributed by atoms with Crippen LogP contribution in [-0.2, 0) is 14.3 Å². The molecule has 228 valence electrons. The number of halogens is 1. The molecule has 2 unspecified atom stereocenters. The van der Waals surface area contributed by atoms with Gasteiger partial charge in [-0.3, -0.25) is 29.4 Å².